The Bertz CT molecular complexity index is 185. The molecule has 3 heteroatoms. The van der Waals surface area contributed by atoms with Gasteiger partial charge in [-0.15, -0.1) is 0 Å². The Labute approximate surface area is 101 Å². The number of ether oxygens (including phenoxy) is 1. The van der Waals surface area contributed by atoms with Gasteiger partial charge >= 0.3 is 0 Å². The van der Waals surface area contributed by atoms with Gasteiger partial charge in [-0.25, -0.2) is 0 Å². The van der Waals surface area contributed by atoms with Crippen molar-refractivity contribution in [2.24, 2.45) is 0 Å². The van der Waals surface area contributed by atoms with Crippen molar-refractivity contribution in [3.8, 4) is 0 Å². The van der Waals surface area contributed by atoms with E-state index in [4.69, 9.17) is 4.74 Å². The van der Waals surface area contributed by atoms with Gasteiger partial charge in [0.2, 0.25) is 0 Å². The maximum absolute atomic E-state index is 5.36. The predicted molar refractivity (Wildman–Crippen MR) is 68.8 cm³/mol. The number of piperidine rings is 1. The number of likely N-dealkylation sites (tertiary alicyclic amines) is 1. The van der Waals surface area contributed by atoms with Crippen LogP contribution in [0.3, 0.4) is 0 Å². The van der Waals surface area contributed by atoms with Crippen LogP contribution in [0.2, 0.25) is 0 Å². The minimum atomic E-state index is 0.347. The van der Waals surface area contributed by atoms with Crippen LogP contribution in [0.25, 0.3) is 0 Å². The van der Waals surface area contributed by atoms with Gasteiger partial charge in [0.1, 0.15) is 0 Å². The summed E-state index contributed by atoms with van der Waals surface area (Å²) in [7, 11) is 1.80. The van der Waals surface area contributed by atoms with Crippen LogP contribution < -0.4 is 5.32 Å². The Morgan fingerprint density at radius 2 is 2.06 bits per heavy atom. The van der Waals surface area contributed by atoms with Gasteiger partial charge in [0, 0.05) is 32.3 Å². The van der Waals surface area contributed by atoms with Crippen molar-refractivity contribution in [2.45, 2.75) is 58.2 Å². The zero-order valence-electron chi connectivity index (χ0n) is 11.3. The quantitative estimate of drug-likeness (QED) is 0.751. The van der Waals surface area contributed by atoms with Crippen LogP contribution in [0.5, 0.6) is 0 Å². The lowest BCUT2D eigenvalue weighted by Gasteiger charge is -2.37. The summed E-state index contributed by atoms with van der Waals surface area (Å²) in [6, 6.07) is 1.29. The fourth-order valence-corrected chi connectivity index (χ4v) is 2.31. The summed E-state index contributed by atoms with van der Waals surface area (Å²) in [5.74, 6) is 0. The van der Waals surface area contributed by atoms with E-state index in [1.165, 1.54) is 25.8 Å². The monoisotopic (exact) mass is 228 g/mol. The van der Waals surface area contributed by atoms with Crippen LogP contribution in [0, 0.1) is 0 Å². The molecule has 0 radical (unpaired) electrons. The van der Waals surface area contributed by atoms with Crippen molar-refractivity contribution in [3.05, 3.63) is 0 Å². The van der Waals surface area contributed by atoms with E-state index in [1.807, 2.05) is 0 Å². The first-order chi connectivity index (χ1) is 7.63. The first-order valence-corrected chi connectivity index (χ1v) is 6.63. The molecule has 0 aliphatic carbocycles. The second-order valence-electron chi connectivity index (χ2n) is 5.25. The average molecular weight is 228 g/mol. The maximum atomic E-state index is 5.36. The summed E-state index contributed by atoms with van der Waals surface area (Å²) in [6.07, 6.45) is 4.40. The minimum Gasteiger partial charge on any atom is -0.380 e. The summed E-state index contributed by atoms with van der Waals surface area (Å²) in [4.78, 5) is 2.59. The molecule has 96 valence electrons. The molecule has 0 aromatic carbocycles. The summed E-state index contributed by atoms with van der Waals surface area (Å²) in [6.45, 7) is 10.0. The molecule has 1 rings (SSSR count). The molecule has 1 aliphatic rings. The minimum absolute atomic E-state index is 0.347. The maximum Gasteiger partial charge on any atom is 0.0670 e. The van der Waals surface area contributed by atoms with E-state index in [1.54, 1.807) is 7.11 Å². The smallest absolute Gasteiger partial charge is 0.0670 e. The molecule has 1 fully saturated rings. The summed E-state index contributed by atoms with van der Waals surface area (Å²) in [5.41, 5.74) is 0. The van der Waals surface area contributed by atoms with Crippen molar-refractivity contribution in [2.75, 3.05) is 26.7 Å². The number of hydrogen-bond acceptors (Lipinski definition) is 3. The first kappa shape index (κ1) is 13.9. The number of nitrogens with zero attached hydrogens (tertiary/aromatic N) is 1. The van der Waals surface area contributed by atoms with Gasteiger partial charge < -0.3 is 10.1 Å². The molecule has 2 unspecified atom stereocenters. The highest BCUT2D eigenvalue weighted by atomic mass is 16.5. The highest BCUT2D eigenvalue weighted by Crippen LogP contribution is 2.17. The third-order valence-electron chi connectivity index (χ3n) is 3.40. The van der Waals surface area contributed by atoms with Crippen LogP contribution in [0.4, 0.5) is 0 Å². The molecule has 1 heterocycles. The Hall–Kier alpha value is -0.120. The fraction of sp³-hybridized carbons (Fsp3) is 1.00. The van der Waals surface area contributed by atoms with E-state index in [-0.39, 0.29) is 0 Å². The highest BCUT2D eigenvalue weighted by molar-refractivity contribution is 4.80. The SMILES string of the molecule is COC(C)CN1CCCCC1CNC(C)C. The van der Waals surface area contributed by atoms with E-state index in [0.717, 1.165) is 13.1 Å². The van der Waals surface area contributed by atoms with Gasteiger partial charge in [-0.3, -0.25) is 4.90 Å². The van der Waals surface area contributed by atoms with Gasteiger partial charge in [-0.05, 0) is 26.3 Å². The molecule has 1 saturated heterocycles. The second kappa shape index (κ2) is 7.25. The molecule has 1 aliphatic heterocycles. The van der Waals surface area contributed by atoms with Crippen molar-refractivity contribution in [1.82, 2.24) is 10.2 Å². The van der Waals surface area contributed by atoms with Crippen molar-refractivity contribution in [3.63, 3.8) is 0 Å². The average Bonchev–Trinajstić information content (AvgIpc) is 2.27. The van der Waals surface area contributed by atoms with Crippen LogP contribution in [-0.4, -0.2) is 49.8 Å². The molecule has 1 N–H and O–H groups in total. The molecular weight excluding hydrogens is 200 g/mol. The zero-order valence-corrected chi connectivity index (χ0v) is 11.3. The second-order valence-corrected chi connectivity index (χ2v) is 5.25. The Morgan fingerprint density at radius 1 is 1.31 bits per heavy atom. The third-order valence-corrected chi connectivity index (χ3v) is 3.40. The Balaban J connectivity index is 2.37. The molecule has 0 spiro atoms. The van der Waals surface area contributed by atoms with Crippen LogP contribution in [0.1, 0.15) is 40.0 Å². The van der Waals surface area contributed by atoms with Gasteiger partial charge in [-0.1, -0.05) is 20.3 Å². The molecule has 3 nitrogen and oxygen atoms in total. The lowest BCUT2D eigenvalue weighted by atomic mass is 10.0. The number of hydrogen-bond donors (Lipinski definition) is 1. The molecule has 0 amide bonds. The summed E-state index contributed by atoms with van der Waals surface area (Å²) < 4.78 is 5.36. The zero-order chi connectivity index (χ0) is 12.0. The van der Waals surface area contributed by atoms with Gasteiger partial charge in [0.25, 0.3) is 0 Å². The normalized spacial score (nSPS) is 24.9. The van der Waals surface area contributed by atoms with E-state index in [0.29, 0.717) is 18.2 Å². The van der Waals surface area contributed by atoms with Gasteiger partial charge in [0.15, 0.2) is 0 Å². The van der Waals surface area contributed by atoms with Crippen molar-refractivity contribution >= 4 is 0 Å². The lowest BCUT2D eigenvalue weighted by Crippen LogP contribution is -2.49. The van der Waals surface area contributed by atoms with E-state index < -0.39 is 0 Å². The molecular formula is C13H28N2O. The molecule has 0 bridgehead atoms. The number of nitrogens with one attached hydrogen (secondary N) is 1. The standard InChI is InChI=1S/C13H28N2O/c1-11(2)14-9-13-7-5-6-8-15(13)10-12(3)16-4/h11-14H,5-10H2,1-4H3. The molecule has 0 aromatic rings. The van der Waals surface area contributed by atoms with Crippen LogP contribution in [-0.2, 0) is 4.74 Å². The summed E-state index contributed by atoms with van der Waals surface area (Å²) in [5, 5.41) is 3.55. The Morgan fingerprint density at radius 3 is 2.69 bits per heavy atom. The number of rotatable bonds is 6. The molecule has 16 heavy (non-hydrogen) atoms. The summed E-state index contributed by atoms with van der Waals surface area (Å²) >= 11 is 0. The van der Waals surface area contributed by atoms with Gasteiger partial charge in [0.05, 0.1) is 6.10 Å². The first-order valence-electron chi connectivity index (χ1n) is 6.63. The lowest BCUT2D eigenvalue weighted by molar-refractivity contribution is 0.0458. The van der Waals surface area contributed by atoms with Crippen molar-refractivity contribution < 1.29 is 4.74 Å². The molecule has 2 atom stereocenters. The Kier molecular flexibility index (Phi) is 6.32. The van der Waals surface area contributed by atoms with E-state index in [2.05, 4.69) is 31.0 Å². The van der Waals surface area contributed by atoms with E-state index in [9.17, 15) is 0 Å². The van der Waals surface area contributed by atoms with E-state index >= 15 is 0 Å². The fourth-order valence-electron chi connectivity index (χ4n) is 2.31. The molecule has 0 aromatic heterocycles. The van der Waals surface area contributed by atoms with Crippen molar-refractivity contribution in [1.29, 1.82) is 0 Å². The third kappa shape index (κ3) is 4.81. The number of methoxy groups -OCH3 is 1. The van der Waals surface area contributed by atoms with Crippen LogP contribution >= 0.6 is 0 Å². The van der Waals surface area contributed by atoms with Gasteiger partial charge in [-0.2, -0.15) is 0 Å². The molecule has 0 saturated carbocycles. The topological polar surface area (TPSA) is 24.5 Å². The highest BCUT2D eigenvalue weighted by Gasteiger charge is 2.23. The largest absolute Gasteiger partial charge is 0.380 e. The van der Waals surface area contributed by atoms with Crippen LogP contribution in [0.15, 0.2) is 0 Å². The predicted octanol–water partition coefficient (Wildman–Crippen LogP) is 1.87.